The average Bonchev–Trinajstić information content (AvgIpc) is 3.53. The summed E-state index contributed by atoms with van der Waals surface area (Å²) >= 11 is 12.3. The van der Waals surface area contributed by atoms with Crippen molar-refractivity contribution in [1.29, 1.82) is 0 Å². The maximum absolute atomic E-state index is 13.5. The van der Waals surface area contributed by atoms with E-state index in [1.165, 1.54) is 0 Å². The van der Waals surface area contributed by atoms with Gasteiger partial charge in [-0.15, -0.1) is 0 Å². The lowest BCUT2D eigenvalue weighted by Crippen LogP contribution is -2.55. The monoisotopic (exact) mass is 605 g/mol. The van der Waals surface area contributed by atoms with Crippen molar-refractivity contribution < 1.29 is 24.0 Å². The van der Waals surface area contributed by atoms with E-state index in [0.29, 0.717) is 33.9 Å². The fourth-order valence-electron chi connectivity index (χ4n) is 5.54. The second kappa shape index (κ2) is 13.7. The molecule has 2 heterocycles. The van der Waals surface area contributed by atoms with Crippen molar-refractivity contribution in [2.45, 2.75) is 83.3 Å². The van der Waals surface area contributed by atoms with E-state index in [4.69, 9.17) is 23.2 Å². The Morgan fingerprint density at radius 3 is 2.37 bits per heavy atom. The van der Waals surface area contributed by atoms with Crippen LogP contribution in [0.4, 0.5) is 0 Å². The van der Waals surface area contributed by atoms with Crippen LogP contribution >= 0.6 is 23.2 Å². The Bertz CT molecular complexity index is 1320. The summed E-state index contributed by atoms with van der Waals surface area (Å²) in [6.45, 7) is 4.28. The smallest absolute Gasteiger partial charge is 0.289 e. The van der Waals surface area contributed by atoms with Gasteiger partial charge in [0.25, 0.3) is 11.8 Å². The lowest BCUT2D eigenvalue weighted by molar-refractivity contribution is -0.141. The van der Waals surface area contributed by atoms with Gasteiger partial charge in [-0.2, -0.15) is 0 Å². The van der Waals surface area contributed by atoms with Crippen LogP contribution in [-0.4, -0.2) is 59.1 Å². The summed E-state index contributed by atoms with van der Waals surface area (Å²) in [5.41, 5.74) is 0.759. The van der Waals surface area contributed by atoms with Crippen molar-refractivity contribution in [3.63, 3.8) is 0 Å². The molecule has 222 valence electrons. The Morgan fingerprint density at radius 1 is 0.976 bits per heavy atom. The van der Waals surface area contributed by atoms with Crippen molar-refractivity contribution >= 4 is 63.5 Å². The number of benzene rings is 1. The predicted molar refractivity (Wildman–Crippen MR) is 157 cm³/mol. The highest BCUT2D eigenvalue weighted by atomic mass is 35.5. The first kappa shape index (κ1) is 30.8. The third-order valence-electron chi connectivity index (χ3n) is 7.71. The number of Topliss-reactive ketones (excluding diaryl/α,β-unsaturated/α-hetero) is 1. The molecule has 4 amide bonds. The van der Waals surface area contributed by atoms with E-state index in [-0.39, 0.29) is 36.4 Å². The van der Waals surface area contributed by atoms with Crippen LogP contribution in [0.15, 0.2) is 18.2 Å². The van der Waals surface area contributed by atoms with Crippen LogP contribution in [0.2, 0.25) is 10.0 Å². The van der Waals surface area contributed by atoms with Gasteiger partial charge in [-0.3, -0.25) is 24.0 Å². The molecule has 4 rings (SSSR count). The molecule has 1 aromatic heterocycles. The average molecular weight is 607 g/mol. The maximum Gasteiger partial charge on any atom is 0.289 e. The molecular weight excluding hydrogens is 569 g/mol. The first-order chi connectivity index (χ1) is 19.5. The normalized spacial score (nSPS) is 19.0. The second-order valence-corrected chi connectivity index (χ2v) is 12.3. The third kappa shape index (κ3) is 8.01. The molecule has 1 aliphatic carbocycles. The zero-order chi connectivity index (χ0) is 29.7. The lowest BCUT2D eigenvalue weighted by atomic mass is 9.93. The molecule has 2 fully saturated rings. The number of hydrogen-bond donors (Lipinski definition) is 5. The van der Waals surface area contributed by atoms with E-state index in [0.717, 1.165) is 32.1 Å². The molecule has 10 nitrogen and oxygen atoms in total. The molecule has 0 radical (unpaired) electrons. The van der Waals surface area contributed by atoms with Crippen LogP contribution in [0.5, 0.6) is 0 Å². The van der Waals surface area contributed by atoms with Gasteiger partial charge in [0.2, 0.25) is 17.6 Å². The van der Waals surface area contributed by atoms with Gasteiger partial charge < -0.3 is 26.3 Å². The summed E-state index contributed by atoms with van der Waals surface area (Å²) in [6, 6.07) is 2.50. The summed E-state index contributed by atoms with van der Waals surface area (Å²) in [6.07, 6.45) is 5.44. The number of halogens is 2. The van der Waals surface area contributed by atoms with E-state index in [1.54, 1.807) is 18.2 Å². The number of nitrogens with one attached hydrogen (secondary N) is 5. The van der Waals surface area contributed by atoms with Gasteiger partial charge in [0.15, 0.2) is 0 Å². The molecule has 41 heavy (non-hydrogen) atoms. The predicted octanol–water partition coefficient (Wildman–Crippen LogP) is 3.65. The molecule has 2 aliphatic rings. The van der Waals surface area contributed by atoms with Gasteiger partial charge in [0, 0.05) is 34.4 Å². The Hall–Kier alpha value is -3.11. The quantitative estimate of drug-likeness (QED) is 0.248. The number of ketones is 1. The molecule has 5 N–H and O–H groups in total. The van der Waals surface area contributed by atoms with Gasteiger partial charge >= 0.3 is 0 Å². The van der Waals surface area contributed by atoms with Gasteiger partial charge in [-0.05, 0) is 56.2 Å². The first-order valence-corrected chi connectivity index (χ1v) is 15.0. The summed E-state index contributed by atoms with van der Waals surface area (Å²) < 4.78 is 0. The van der Waals surface area contributed by atoms with E-state index >= 15 is 0 Å². The van der Waals surface area contributed by atoms with Crippen LogP contribution in [0.25, 0.3) is 10.9 Å². The number of aromatic amines is 1. The first-order valence-electron chi connectivity index (χ1n) is 14.2. The standard InChI is InChI=1S/C29H37Cl2N5O5/c1-15(2)10-23(36-28(40)24-14-19-20(31)12-17(30)13-21(19)34-24)27(39)35-22(11-16-8-9-32-26(16)38)25(37)29(41)33-18-6-4-3-5-7-18/h12-16,18,22-23,34H,3-11H2,1-2H3,(H,32,38)(H,33,41)(H,35,39)(H,36,40)/t16-,22?,23-/m0/s1. The zero-order valence-corrected chi connectivity index (χ0v) is 24.8. The Balaban J connectivity index is 1.50. The molecule has 1 aromatic carbocycles. The molecule has 1 unspecified atom stereocenters. The summed E-state index contributed by atoms with van der Waals surface area (Å²) in [5, 5.41) is 12.4. The fraction of sp³-hybridized carbons (Fsp3) is 0.552. The van der Waals surface area contributed by atoms with E-state index in [1.807, 2.05) is 13.8 Å². The van der Waals surface area contributed by atoms with Gasteiger partial charge in [-0.25, -0.2) is 0 Å². The molecule has 12 heteroatoms. The van der Waals surface area contributed by atoms with E-state index in [2.05, 4.69) is 26.3 Å². The number of hydrogen-bond acceptors (Lipinski definition) is 5. The zero-order valence-electron chi connectivity index (χ0n) is 23.3. The van der Waals surface area contributed by atoms with Crippen LogP contribution in [0.1, 0.15) is 75.7 Å². The van der Waals surface area contributed by atoms with Crippen molar-refractivity contribution in [3.05, 3.63) is 33.9 Å². The Labute approximate surface area is 249 Å². The molecule has 0 spiro atoms. The molecule has 0 bridgehead atoms. The van der Waals surface area contributed by atoms with Crippen LogP contribution < -0.4 is 21.3 Å². The maximum atomic E-state index is 13.5. The van der Waals surface area contributed by atoms with Gasteiger partial charge in [0.05, 0.1) is 11.1 Å². The Morgan fingerprint density at radius 2 is 1.71 bits per heavy atom. The minimum absolute atomic E-state index is 0.00187. The molecule has 1 saturated carbocycles. The molecular formula is C29H37Cl2N5O5. The molecule has 2 aromatic rings. The van der Waals surface area contributed by atoms with Crippen molar-refractivity contribution in [2.24, 2.45) is 11.8 Å². The highest BCUT2D eigenvalue weighted by Crippen LogP contribution is 2.28. The number of fused-ring (bicyclic) bond motifs is 1. The van der Waals surface area contributed by atoms with Gasteiger partial charge in [-0.1, -0.05) is 56.3 Å². The minimum Gasteiger partial charge on any atom is -0.356 e. The minimum atomic E-state index is -1.21. The topological polar surface area (TPSA) is 149 Å². The molecule has 1 saturated heterocycles. The van der Waals surface area contributed by atoms with E-state index < -0.39 is 41.5 Å². The SMILES string of the molecule is CC(C)C[C@H](NC(=O)c1cc2c(Cl)cc(Cl)cc2[nH]1)C(=O)NC(C[C@@H]1CCNC1=O)C(=O)C(=O)NC1CCCCC1. The summed E-state index contributed by atoms with van der Waals surface area (Å²) in [7, 11) is 0. The number of amides is 4. The molecule has 3 atom stereocenters. The number of aromatic nitrogens is 1. The number of rotatable bonds is 11. The second-order valence-electron chi connectivity index (χ2n) is 11.4. The van der Waals surface area contributed by atoms with E-state index in [9.17, 15) is 24.0 Å². The third-order valence-corrected chi connectivity index (χ3v) is 8.24. The number of H-pyrrole nitrogens is 1. The number of carbonyl (C=O) groups is 5. The van der Waals surface area contributed by atoms with Crippen molar-refractivity contribution in [3.8, 4) is 0 Å². The summed E-state index contributed by atoms with van der Waals surface area (Å²) in [4.78, 5) is 68.3. The number of carbonyl (C=O) groups excluding carboxylic acids is 5. The van der Waals surface area contributed by atoms with Crippen LogP contribution in [0.3, 0.4) is 0 Å². The highest BCUT2D eigenvalue weighted by Gasteiger charge is 2.36. The van der Waals surface area contributed by atoms with Crippen molar-refractivity contribution in [1.82, 2.24) is 26.3 Å². The Kier molecular flexibility index (Phi) is 10.3. The van der Waals surface area contributed by atoms with Crippen molar-refractivity contribution in [2.75, 3.05) is 6.54 Å². The van der Waals surface area contributed by atoms with Gasteiger partial charge in [0.1, 0.15) is 11.7 Å². The summed E-state index contributed by atoms with van der Waals surface area (Å²) in [5.74, 6) is -3.40. The van der Waals surface area contributed by atoms with Crippen LogP contribution in [-0.2, 0) is 19.2 Å². The highest BCUT2D eigenvalue weighted by molar-refractivity contribution is 6.39. The van der Waals surface area contributed by atoms with Crippen LogP contribution in [0, 0.1) is 11.8 Å². The lowest BCUT2D eigenvalue weighted by Gasteiger charge is -2.26. The fourth-order valence-corrected chi connectivity index (χ4v) is 6.09. The largest absolute Gasteiger partial charge is 0.356 e. The molecule has 1 aliphatic heterocycles.